The predicted molar refractivity (Wildman–Crippen MR) is 104 cm³/mol. The third-order valence-corrected chi connectivity index (χ3v) is 4.89. The van der Waals surface area contributed by atoms with Crippen LogP contribution in [0.2, 0.25) is 0 Å². The third-order valence-electron chi connectivity index (χ3n) is 4.89. The molecule has 0 aromatic rings. The average molecular weight is 385 g/mol. The van der Waals surface area contributed by atoms with Gasteiger partial charge >= 0.3 is 6.09 Å². The van der Waals surface area contributed by atoms with Crippen LogP contribution >= 0.6 is 0 Å². The Morgan fingerprint density at radius 1 is 1.30 bits per heavy atom. The molecule has 27 heavy (non-hydrogen) atoms. The SMILES string of the molecule is COC1=NC(CCCC(NC(=O)OC(C)(C)C)C2COCOC2)CCCC1. The molecule has 7 heteroatoms. The Morgan fingerprint density at radius 3 is 2.70 bits per heavy atom. The van der Waals surface area contributed by atoms with E-state index in [1.54, 1.807) is 7.11 Å². The van der Waals surface area contributed by atoms with E-state index in [0.717, 1.165) is 44.4 Å². The minimum Gasteiger partial charge on any atom is -0.484 e. The lowest BCUT2D eigenvalue weighted by Crippen LogP contribution is -2.47. The van der Waals surface area contributed by atoms with Gasteiger partial charge in [-0.3, -0.25) is 4.99 Å². The van der Waals surface area contributed by atoms with E-state index in [2.05, 4.69) is 5.32 Å². The monoisotopic (exact) mass is 384 g/mol. The predicted octanol–water partition coefficient (Wildman–Crippen LogP) is 3.66. The quantitative estimate of drug-likeness (QED) is 0.756. The van der Waals surface area contributed by atoms with E-state index in [4.69, 9.17) is 23.9 Å². The van der Waals surface area contributed by atoms with Crippen molar-refractivity contribution in [1.29, 1.82) is 0 Å². The van der Waals surface area contributed by atoms with Gasteiger partial charge in [-0.15, -0.1) is 0 Å². The third kappa shape index (κ3) is 8.47. The Balaban J connectivity index is 1.88. The smallest absolute Gasteiger partial charge is 0.407 e. The molecule has 2 aliphatic heterocycles. The number of methoxy groups -OCH3 is 1. The van der Waals surface area contributed by atoms with Gasteiger partial charge in [0, 0.05) is 18.4 Å². The first kappa shape index (κ1) is 22.0. The molecule has 0 bridgehead atoms. The summed E-state index contributed by atoms with van der Waals surface area (Å²) in [5.41, 5.74) is -0.514. The van der Waals surface area contributed by atoms with Crippen molar-refractivity contribution < 1.29 is 23.7 Å². The second-order valence-corrected chi connectivity index (χ2v) is 8.43. The number of hydrogen-bond donors (Lipinski definition) is 1. The highest BCUT2D eigenvalue weighted by Crippen LogP contribution is 2.22. The van der Waals surface area contributed by atoms with Crippen molar-refractivity contribution in [3.05, 3.63) is 0 Å². The summed E-state index contributed by atoms with van der Waals surface area (Å²) in [6.07, 6.45) is 6.81. The highest BCUT2D eigenvalue weighted by Gasteiger charge is 2.28. The summed E-state index contributed by atoms with van der Waals surface area (Å²) in [6, 6.07) is 0.278. The molecule has 0 aromatic heterocycles. The van der Waals surface area contributed by atoms with Gasteiger partial charge in [0.25, 0.3) is 0 Å². The summed E-state index contributed by atoms with van der Waals surface area (Å²) < 4.78 is 21.7. The second kappa shape index (κ2) is 10.9. The number of hydrogen-bond acceptors (Lipinski definition) is 6. The zero-order valence-electron chi connectivity index (χ0n) is 17.3. The standard InChI is InChI=1S/C20H36N2O5/c1-20(2,3)27-19(23)22-17(15-12-25-14-26-13-15)10-7-9-16-8-5-6-11-18(21-16)24-4/h15-17H,5-14H2,1-4H3,(H,22,23). The molecule has 156 valence electrons. The van der Waals surface area contributed by atoms with E-state index in [-0.39, 0.29) is 18.1 Å². The summed E-state index contributed by atoms with van der Waals surface area (Å²) in [4.78, 5) is 17.0. The number of ether oxygens (including phenoxy) is 4. The van der Waals surface area contributed by atoms with Gasteiger partial charge in [0.1, 0.15) is 12.4 Å². The Hall–Kier alpha value is -1.34. The van der Waals surface area contributed by atoms with Gasteiger partial charge in [-0.2, -0.15) is 0 Å². The van der Waals surface area contributed by atoms with Gasteiger partial charge in [-0.25, -0.2) is 4.79 Å². The molecule has 0 aromatic carbocycles. The van der Waals surface area contributed by atoms with Crippen molar-refractivity contribution in [1.82, 2.24) is 5.32 Å². The first-order chi connectivity index (χ1) is 12.9. The molecule has 2 heterocycles. The molecule has 2 unspecified atom stereocenters. The molecular formula is C20H36N2O5. The van der Waals surface area contributed by atoms with Crippen LogP contribution in [0.3, 0.4) is 0 Å². The van der Waals surface area contributed by atoms with E-state index < -0.39 is 5.60 Å². The largest absolute Gasteiger partial charge is 0.484 e. The number of carbonyl (C=O) groups is 1. The van der Waals surface area contributed by atoms with Crippen LogP contribution in [0.25, 0.3) is 0 Å². The lowest BCUT2D eigenvalue weighted by Gasteiger charge is -2.31. The van der Waals surface area contributed by atoms with Crippen LogP contribution in [0, 0.1) is 5.92 Å². The van der Waals surface area contributed by atoms with Gasteiger partial charge < -0.3 is 24.3 Å². The molecule has 0 spiro atoms. The van der Waals surface area contributed by atoms with Crippen molar-refractivity contribution in [2.45, 2.75) is 83.4 Å². The van der Waals surface area contributed by atoms with Gasteiger partial charge in [0.05, 0.1) is 26.4 Å². The Bertz CT molecular complexity index is 483. The maximum absolute atomic E-state index is 12.3. The molecule has 1 saturated heterocycles. The van der Waals surface area contributed by atoms with Crippen molar-refractivity contribution in [3.63, 3.8) is 0 Å². The van der Waals surface area contributed by atoms with E-state index in [1.807, 2.05) is 20.8 Å². The fourth-order valence-corrected chi connectivity index (χ4v) is 3.55. The van der Waals surface area contributed by atoms with Gasteiger partial charge in [-0.1, -0.05) is 6.42 Å². The molecule has 2 aliphatic rings. The van der Waals surface area contributed by atoms with Crippen LogP contribution in [0.15, 0.2) is 4.99 Å². The molecule has 0 aliphatic carbocycles. The van der Waals surface area contributed by atoms with Crippen molar-refractivity contribution in [3.8, 4) is 0 Å². The molecule has 1 amide bonds. The van der Waals surface area contributed by atoms with Crippen LogP contribution in [0.5, 0.6) is 0 Å². The first-order valence-electron chi connectivity index (χ1n) is 10.1. The van der Waals surface area contributed by atoms with Crippen LogP contribution in [-0.4, -0.2) is 56.8 Å². The summed E-state index contributed by atoms with van der Waals surface area (Å²) in [6.45, 7) is 7.11. The number of nitrogens with zero attached hydrogens (tertiary/aromatic N) is 1. The normalized spacial score (nSPS) is 23.1. The average Bonchev–Trinajstić information content (AvgIpc) is 2.85. The Kier molecular flexibility index (Phi) is 8.83. The number of rotatable bonds is 6. The topological polar surface area (TPSA) is 78.4 Å². The van der Waals surface area contributed by atoms with E-state index in [1.165, 1.54) is 6.42 Å². The van der Waals surface area contributed by atoms with Crippen molar-refractivity contribution in [2.75, 3.05) is 27.1 Å². The van der Waals surface area contributed by atoms with Gasteiger partial charge in [-0.05, 0) is 52.9 Å². The number of alkyl carbamates (subject to hydrolysis) is 1. The summed E-state index contributed by atoms with van der Waals surface area (Å²) >= 11 is 0. The van der Waals surface area contributed by atoms with Crippen LogP contribution in [-0.2, 0) is 18.9 Å². The molecule has 7 nitrogen and oxygen atoms in total. The molecule has 1 N–H and O–H groups in total. The lowest BCUT2D eigenvalue weighted by atomic mass is 9.94. The van der Waals surface area contributed by atoms with Crippen LogP contribution < -0.4 is 5.32 Å². The van der Waals surface area contributed by atoms with Crippen molar-refractivity contribution >= 4 is 12.0 Å². The minimum absolute atomic E-state index is 0.0307. The highest BCUT2D eigenvalue weighted by atomic mass is 16.7. The first-order valence-corrected chi connectivity index (χ1v) is 10.1. The highest BCUT2D eigenvalue weighted by molar-refractivity contribution is 5.76. The molecule has 2 rings (SSSR count). The second-order valence-electron chi connectivity index (χ2n) is 8.43. The van der Waals surface area contributed by atoms with Gasteiger partial charge in [0.2, 0.25) is 0 Å². The number of carbonyl (C=O) groups excluding carboxylic acids is 1. The summed E-state index contributed by atoms with van der Waals surface area (Å²) in [7, 11) is 1.70. The molecule has 0 radical (unpaired) electrons. The van der Waals surface area contributed by atoms with Crippen LogP contribution in [0.4, 0.5) is 4.79 Å². The van der Waals surface area contributed by atoms with Crippen molar-refractivity contribution in [2.24, 2.45) is 10.9 Å². The number of nitrogens with one attached hydrogen (secondary N) is 1. The maximum Gasteiger partial charge on any atom is 0.407 e. The molecule has 0 saturated carbocycles. The number of amides is 1. The van der Waals surface area contributed by atoms with E-state index in [0.29, 0.717) is 26.0 Å². The maximum atomic E-state index is 12.3. The molecule has 2 atom stereocenters. The summed E-state index contributed by atoms with van der Waals surface area (Å²) in [5.74, 6) is 1.01. The van der Waals surface area contributed by atoms with E-state index in [9.17, 15) is 4.79 Å². The summed E-state index contributed by atoms with van der Waals surface area (Å²) in [5, 5.41) is 3.03. The number of aliphatic imine (C=N–C) groups is 1. The molecule has 1 fully saturated rings. The lowest BCUT2D eigenvalue weighted by molar-refractivity contribution is -0.132. The Labute approximate surface area is 163 Å². The Morgan fingerprint density at radius 2 is 2.04 bits per heavy atom. The fraction of sp³-hybridized carbons (Fsp3) is 0.900. The van der Waals surface area contributed by atoms with Gasteiger partial charge in [0.15, 0.2) is 5.90 Å². The van der Waals surface area contributed by atoms with E-state index >= 15 is 0 Å². The zero-order valence-corrected chi connectivity index (χ0v) is 17.3. The fourth-order valence-electron chi connectivity index (χ4n) is 3.55. The molecular weight excluding hydrogens is 348 g/mol. The van der Waals surface area contributed by atoms with Crippen LogP contribution in [0.1, 0.15) is 65.7 Å². The zero-order chi connectivity index (χ0) is 19.7. The minimum atomic E-state index is -0.514.